The van der Waals surface area contributed by atoms with Gasteiger partial charge in [-0.25, -0.2) is 0 Å². The van der Waals surface area contributed by atoms with Crippen LogP contribution in [0, 0.1) is 13.8 Å². The van der Waals surface area contributed by atoms with Gasteiger partial charge in [0.15, 0.2) is 0 Å². The van der Waals surface area contributed by atoms with Gasteiger partial charge in [-0.15, -0.1) is 0 Å². The van der Waals surface area contributed by atoms with E-state index in [1.165, 1.54) is 25.0 Å². The van der Waals surface area contributed by atoms with E-state index in [-0.39, 0.29) is 17.4 Å². The lowest BCUT2D eigenvalue weighted by molar-refractivity contribution is -0.137. The summed E-state index contributed by atoms with van der Waals surface area (Å²) in [6.07, 6.45) is 0.535. The quantitative estimate of drug-likeness (QED) is 0.104. The maximum absolute atomic E-state index is 13.1. The van der Waals surface area contributed by atoms with Crippen molar-refractivity contribution in [2.24, 2.45) is 0 Å². The third kappa shape index (κ3) is 7.70. The lowest BCUT2D eigenvalue weighted by Gasteiger charge is -2.14. The number of hydrogen-bond acceptors (Lipinski definition) is 5. The minimum Gasteiger partial charge on any atom is -0.457 e. The molecule has 0 radical (unpaired) electrons. The number of hydrogen-bond donors (Lipinski definition) is 4. The topological polar surface area (TPSA) is 116 Å². The van der Waals surface area contributed by atoms with Gasteiger partial charge < -0.3 is 30.6 Å². The number of amides is 3. The molecule has 1 aromatic heterocycles. The Hall–Kier alpha value is -5.36. The summed E-state index contributed by atoms with van der Waals surface area (Å²) in [5.41, 5.74) is 3.63. The number of fused-ring (bicyclic) bond motifs is 1. The summed E-state index contributed by atoms with van der Waals surface area (Å²) >= 11 is 0. The van der Waals surface area contributed by atoms with Gasteiger partial charge in [-0.1, -0.05) is 12.1 Å². The maximum Gasteiger partial charge on any atom is 0.416 e. The van der Waals surface area contributed by atoms with Crippen molar-refractivity contribution in [2.45, 2.75) is 39.3 Å². The van der Waals surface area contributed by atoms with E-state index in [0.717, 1.165) is 49.4 Å². The summed E-state index contributed by atoms with van der Waals surface area (Å²) in [4.78, 5) is 44.4. The molecule has 12 heteroatoms. The average Bonchev–Trinajstić information content (AvgIpc) is 3.76. The molecule has 6 rings (SSSR count). The fourth-order valence-electron chi connectivity index (χ4n) is 6.20. The lowest BCUT2D eigenvalue weighted by Crippen LogP contribution is -2.29. The molecule has 3 heterocycles. The molecule has 2 aliphatic rings. The van der Waals surface area contributed by atoms with Crippen molar-refractivity contribution >= 4 is 40.7 Å². The van der Waals surface area contributed by atoms with Gasteiger partial charge in [-0.05, 0) is 107 Å². The summed E-state index contributed by atoms with van der Waals surface area (Å²) in [5, 5.41) is 8.49. The van der Waals surface area contributed by atoms with Crippen molar-refractivity contribution in [3.8, 4) is 11.5 Å². The number of H-pyrrole nitrogens is 1. The predicted octanol–water partition coefficient (Wildman–Crippen LogP) is 7.40. The largest absolute Gasteiger partial charge is 0.457 e. The number of ether oxygens (including phenoxy) is 1. The Morgan fingerprint density at radius 2 is 1.71 bits per heavy atom. The van der Waals surface area contributed by atoms with Crippen LogP contribution < -0.4 is 20.7 Å². The van der Waals surface area contributed by atoms with Gasteiger partial charge in [0.05, 0.1) is 22.4 Å². The number of aromatic nitrogens is 1. The second kappa shape index (κ2) is 14.0. The van der Waals surface area contributed by atoms with Gasteiger partial charge in [0, 0.05) is 46.9 Å². The van der Waals surface area contributed by atoms with Crippen molar-refractivity contribution in [2.75, 3.05) is 36.8 Å². The Bertz CT molecular complexity index is 1940. The molecule has 1 saturated heterocycles. The highest BCUT2D eigenvalue weighted by atomic mass is 19.4. The predicted molar refractivity (Wildman–Crippen MR) is 182 cm³/mol. The first-order valence-electron chi connectivity index (χ1n) is 16.1. The summed E-state index contributed by atoms with van der Waals surface area (Å²) in [6.45, 7) is 7.51. The van der Waals surface area contributed by atoms with Crippen LogP contribution in [0.4, 0.5) is 24.5 Å². The Kier molecular flexibility index (Phi) is 9.59. The van der Waals surface area contributed by atoms with Gasteiger partial charge >= 0.3 is 6.18 Å². The Morgan fingerprint density at radius 3 is 2.49 bits per heavy atom. The highest BCUT2D eigenvalue weighted by Gasteiger charge is 2.31. The summed E-state index contributed by atoms with van der Waals surface area (Å²) in [5.74, 6) is -0.366. The number of carbonyl (C=O) groups is 3. The molecule has 49 heavy (non-hydrogen) atoms. The number of likely N-dealkylation sites (tertiary alicyclic amines) is 1. The normalized spacial score (nSPS) is 15.3. The fourth-order valence-corrected chi connectivity index (χ4v) is 6.20. The molecule has 0 saturated carbocycles. The highest BCUT2D eigenvalue weighted by Crippen LogP contribution is 2.38. The van der Waals surface area contributed by atoms with Crippen LogP contribution in [-0.2, 0) is 11.0 Å². The SMILES string of the molecule is Cc1[nH]c(C=C2C(=O)Nc3cc(Oc4cccc(NC(=O)c5cccc(C(F)(F)F)c5)c4)ccc32)c(C)c1C(=O)NCCCN1CCCC1. The fraction of sp³-hybridized carbons (Fsp3) is 0.270. The van der Waals surface area contributed by atoms with Crippen molar-refractivity contribution in [1.82, 2.24) is 15.2 Å². The van der Waals surface area contributed by atoms with E-state index in [1.807, 2.05) is 13.8 Å². The number of nitrogens with one attached hydrogen (secondary N) is 4. The van der Waals surface area contributed by atoms with Crippen LogP contribution >= 0.6 is 0 Å². The van der Waals surface area contributed by atoms with Crippen LogP contribution in [0.2, 0.25) is 0 Å². The molecule has 0 spiro atoms. The number of aromatic amines is 1. The minimum atomic E-state index is -4.57. The van der Waals surface area contributed by atoms with Crippen molar-refractivity contribution in [3.05, 3.63) is 106 Å². The van der Waals surface area contributed by atoms with Crippen LogP contribution in [-0.4, -0.2) is 53.8 Å². The van der Waals surface area contributed by atoms with Crippen LogP contribution in [0.1, 0.15) is 68.1 Å². The van der Waals surface area contributed by atoms with E-state index in [9.17, 15) is 27.6 Å². The Labute approximate surface area is 281 Å². The van der Waals surface area contributed by atoms with E-state index in [0.29, 0.717) is 51.8 Å². The highest BCUT2D eigenvalue weighted by molar-refractivity contribution is 6.35. The standard InChI is InChI=1S/C37H36F3N5O4/c1-22-31(42-23(2)33(22)36(48)41-14-7-17-45-15-3-4-16-45)21-30-29-13-12-28(20-32(29)44-35(30)47)49-27-11-6-10-26(19-27)43-34(46)24-8-5-9-25(18-24)37(38,39)40/h5-6,8-13,18-21,42H,3-4,7,14-17H2,1-2H3,(H,41,48)(H,43,46)(H,44,47). The number of anilines is 2. The van der Waals surface area contributed by atoms with Gasteiger partial charge in [0.25, 0.3) is 17.7 Å². The second-order valence-corrected chi connectivity index (χ2v) is 12.2. The van der Waals surface area contributed by atoms with Crippen molar-refractivity contribution < 1.29 is 32.3 Å². The third-order valence-corrected chi connectivity index (χ3v) is 8.68. The first kappa shape index (κ1) is 33.5. The van der Waals surface area contributed by atoms with E-state index >= 15 is 0 Å². The van der Waals surface area contributed by atoms with Gasteiger partial charge in [0.1, 0.15) is 11.5 Å². The molecular weight excluding hydrogens is 635 g/mol. The molecular formula is C37H36F3N5O4. The van der Waals surface area contributed by atoms with E-state index in [1.54, 1.807) is 48.5 Å². The van der Waals surface area contributed by atoms with Gasteiger partial charge in [-0.3, -0.25) is 14.4 Å². The van der Waals surface area contributed by atoms with Crippen LogP contribution in [0.3, 0.4) is 0 Å². The monoisotopic (exact) mass is 671 g/mol. The Balaban J connectivity index is 1.12. The molecule has 0 unspecified atom stereocenters. The average molecular weight is 672 g/mol. The molecule has 3 aromatic carbocycles. The third-order valence-electron chi connectivity index (χ3n) is 8.68. The number of benzene rings is 3. The zero-order valence-electron chi connectivity index (χ0n) is 27.1. The smallest absolute Gasteiger partial charge is 0.416 e. The molecule has 4 aromatic rings. The molecule has 0 aliphatic carbocycles. The molecule has 1 fully saturated rings. The van der Waals surface area contributed by atoms with E-state index in [2.05, 4.69) is 25.8 Å². The van der Waals surface area contributed by atoms with Crippen LogP contribution in [0.15, 0.2) is 66.7 Å². The molecule has 9 nitrogen and oxygen atoms in total. The molecule has 0 atom stereocenters. The number of rotatable bonds is 10. The maximum atomic E-state index is 13.1. The molecule has 254 valence electrons. The van der Waals surface area contributed by atoms with E-state index in [4.69, 9.17) is 4.74 Å². The second-order valence-electron chi connectivity index (χ2n) is 12.2. The number of nitrogens with zero attached hydrogens (tertiary/aromatic N) is 1. The molecule has 2 aliphatic heterocycles. The number of aryl methyl sites for hydroxylation is 1. The van der Waals surface area contributed by atoms with Crippen molar-refractivity contribution in [1.29, 1.82) is 0 Å². The van der Waals surface area contributed by atoms with Gasteiger partial charge in [-0.2, -0.15) is 13.2 Å². The molecule has 0 bridgehead atoms. The lowest BCUT2D eigenvalue weighted by atomic mass is 10.0. The Morgan fingerprint density at radius 1 is 0.959 bits per heavy atom. The van der Waals surface area contributed by atoms with Crippen LogP contribution in [0.5, 0.6) is 11.5 Å². The zero-order chi connectivity index (χ0) is 34.7. The summed E-state index contributed by atoms with van der Waals surface area (Å²) < 4.78 is 45.3. The zero-order valence-corrected chi connectivity index (χ0v) is 27.1. The molecule has 3 amide bonds. The first-order valence-corrected chi connectivity index (χ1v) is 16.1. The number of alkyl halides is 3. The first-order chi connectivity index (χ1) is 23.5. The molecule has 4 N–H and O–H groups in total. The summed E-state index contributed by atoms with van der Waals surface area (Å²) in [7, 11) is 0. The number of carbonyl (C=O) groups excluding carboxylic acids is 3. The number of halogens is 3. The van der Waals surface area contributed by atoms with Gasteiger partial charge in [0.2, 0.25) is 0 Å². The minimum absolute atomic E-state index is 0.133. The van der Waals surface area contributed by atoms with E-state index < -0.39 is 17.6 Å². The van der Waals surface area contributed by atoms with Crippen molar-refractivity contribution in [3.63, 3.8) is 0 Å². The summed E-state index contributed by atoms with van der Waals surface area (Å²) in [6, 6.07) is 15.7. The van der Waals surface area contributed by atoms with Crippen LogP contribution in [0.25, 0.3) is 11.6 Å².